The Labute approximate surface area is 200 Å². The summed E-state index contributed by atoms with van der Waals surface area (Å²) in [5, 5.41) is 8.59. The SMILES string of the molecule is CN(C)C(=O)Cc1ccc(C(N2CCCC2=O)N2Cc3cc(Br)ccc3-n3cnnc32)cc1. The average molecular weight is 509 g/mol. The second-order valence-corrected chi connectivity index (χ2v) is 9.59. The molecule has 0 aliphatic carbocycles. The second-order valence-electron chi connectivity index (χ2n) is 8.67. The van der Waals surface area contributed by atoms with Gasteiger partial charge in [0, 0.05) is 31.5 Å². The van der Waals surface area contributed by atoms with Crippen LogP contribution >= 0.6 is 15.9 Å². The van der Waals surface area contributed by atoms with Crippen molar-refractivity contribution in [3.63, 3.8) is 0 Å². The highest BCUT2D eigenvalue weighted by Crippen LogP contribution is 2.39. The summed E-state index contributed by atoms with van der Waals surface area (Å²) in [6, 6.07) is 14.2. The van der Waals surface area contributed by atoms with Crippen molar-refractivity contribution in [2.24, 2.45) is 0 Å². The molecule has 1 unspecified atom stereocenters. The molecule has 9 heteroatoms. The van der Waals surface area contributed by atoms with Gasteiger partial charge < -0.3 is 14.7 Å². The van der Waals surface area contributed by atoms with E-state index >= 15 is 0 Å². The molecule has 8 nitrogen and oxygen atoms in total. The van der Waals surface area contributed by atoms with E-state index in [1.807, 2.05) is 39.8 Å². The fourth-order valence-electron chi connectivity index (χ4n) is 4.56. The van der Waals surface area contributed by atoms with E-state index in [1.165, 1.54) is 0 Å². The third-order valence-electron chi connectivity index (χ3n) is 6.26. The largest absolute Gasteiger partial charge is 0.349 e. The maximum Gasteiger partial charge on any atom is 0.233 e. The standard InChI is InChI=1S/C24H25BrN6O2/c1-28(2)22(33)12-16-5-7-17(8-6-16)23(29-11-3-4-21(29)32)30-14-18-13-19(25)9-10-20(18)31-15-26-27-24(30)31/h5-10,13,15,23H,3-4,11-12,14H2,1-2H3. The van der Waals surface area contributed by atoms with Gasteiger partial charge in [-0.25, -0.2) is 0 Å². The molecule has 2 amide bonds. The van der Waals surface area contributed by atoms with Crippen LogP contribution in [0.3, 0.4) is 0 Å². The fraction of sp³-hybridized carbons (Fsp3) is 0.333. The lowest BCUT2D eigenvalue weighted by molar-refractivity contribution is -0.130. The molecule has 0 radical (unpaired) electrons. The van der Waals surface area contributed by atoms with Crippen molar-refractivity contribution < 1.29 is 9.59 Å². The molecule has 1 fully saturated rings. The van der Waals surface area contributed by atoms with Gasteiger partial charge in [-0.1, -0.05) is 40.2 Å². The van der Waals surface area contributed by atoms with E-state index in [-0.39, 0.29) is 18.0 Å². The summed E-state index contributed by atoms with van der Waals surface area (Å²) in [4.78, 5) is 30.7. The summed E-state index contributed by atoms with van der Waals surface area (Å²) in [6.07, 6.45) is 3.14. The minimum absolute atomic E-state index is 0.0559. The van der Waals surface area contributed by atoms with Crippen LogP contribution in [0.1, 0.15) is 35.7 Å². The van der Waals surface area contributed by atoms with Gasteiger partial charge in [-0.2, -0.15) is 0 Å². The van der Waals surface area contributed by atoms with E-state index in [9.17, 15) is 9.59 Å². The summed E-state index contributed by atoms with van der Waals surface area (Å²) < 4.78 is 2.98. The molecule has 3 heterocycles. The van der Waals surface area contributed by atoms with E-state index in [2.05, 4.69) is 43.2 Å². The molecule has 33 heavy (non-hydrogen) atoms. The Morgan fingerprint density at radius 1 is 1.15 bits per heavy atom. The van der Waals surface area contributed by atoms with Crippen molar-refractivity contribution in [2.75, 3.05) is 25.5 Å². The molecule has 0 bridgehead atoms. The summed E-state index contributed by atoms with van der Waals surface area (Å²) in [5.41, 5.74) is 4.10. The molecule has 0 N–H and O–H groups in total. The maximum absolute atomic E-state index is 12.9. The molecule has 5 rings (SSSR count). The number of likely N-dealkylation sites (tertiary alicyclic amines) is 1. The summed E-state index contributed by atoms with van der Waals surface area (Å²) >= 11 is 3.58. The van der Waals surface area contributed by atoms with Crippen molar-refractivity contribution in [1.82, 2.24) is 24.6 Å². The highest BCUT2D eigenvalue weighted by Gasteiger charge is 2.37. The Morgan fingerprint density at radius 3 is 2.64 bits per heavy atom. The lowest BCUT2D eigenvalue weighted by atomic mass is 10.0. The molecule has 0 spiro atoms. The molecule has 3 aromatic rings. The Morgan fingerprint density at radius 2 is 1.94 bits per heavy atom. The van der Waals surface area contributed by atoms with Gasteiger partial charge in [-0.05, 0) is 41.3 Å². The quantitative estimate of drug-likeness (QED) is 0.528. The van der Waals surface area contributed by atoms with Crippen molar-refractivity contribution >= 4 is 33.7 Å². The van der Waals surface area contributed by atoms with Gasteiger partial charge in [0.25, 0.3) is 0 Å². The number of rotatable bonds is 5. The van der Waals surface area contributed by atoms with E-state index in [0.717, 1.165) is 33.3 Å². The molecular formula is C24H25BrN6O2. The van der Waals surface area contributed by atoms with Crippen LogP contribution in [0.2, 0.25) is 0 Å². The van der Waals surface area contributed by atoms with Crippen LogP contribution in [0.15, 0.2) is 53.3 Å². The van der Waals surface area contributed by atoms with E-state index in [1.54, 1.807) is 25.3 Å². The molecule has 2 aromatic carbocycles. The summed E-state index contributed by atoms with van der Waals surface area (Å²) in [5.74, 6) is 0.902. The first-order valence-corrected chi connectivity index (χ1v) is 11.8. The monoisotopic (exact) mass is 508 g/mol. The first kappa shape index (κ1) is 21.6. The Kier molecular flexibility index (Phi) is 5.65. The predicted molar refractivity (Wildman–Crippen MR) is 128 cm³/mol. The number of halogens is 1. The van der Waals surface area contributed by atoms with Crippen LogP contribution in [0, 0.1) is 0 Å². The number of amides is 2. The van der Waals surface area contributed by atoms with Gasteiger partial charge in [0.05, 0.1) is 18.7 Å². The average Bonchev–Trinajstić information content (AvgIpc) is 3.44. The fourth-order valence-corrected chi connectivity index (χ4v) is 4.97. The summed E-state index contributed by atoms with van der Waals surface area (Å²) in [7, 11) is 3.52. The van der Waals surface area contributed by atoms with Crippen molar-refractivity contribution in [3.05, 3.63) is 70.0 Å². The van der Waals surface area contributed by atoms with Gasteiger partial charge in [-0.15, -0.1) is 10.2 Å². The van der Waals surface area contributed by atoms with Gasteiger partial charge in [0.1, 0.15) is 12.5 Å². The number of likely N-dealkylation sites (N-methyl/N-ethyl adjacent to an activating group) is 1. The predicted octanol–water partition coefficient (Wildman–Crippen LogP) is 3.30. The molecule has 2 aliphatic heterocycles. The van der Waals surface area contributed by atoms with Crippen LogP contribution in [0.5, 0.6) is 0 Å². The maximum atomic E-state index is 12.9. The van der Waals surface area contributed by atoms with E-state index < -0.39 is 0 Å². The second kappa shape index (κ2) is 8.62. The smallest absolute Gasteiger partial charge is 0.233 e. The van der Waals surface area contributed by atoms with Crippen LogP contribution in [0.4, 0.5) is 5.95 Å². The van der Waals surface area contributed by atoms with Gasteiger partial charge in [0.2, 0.25) is 17.8 Å². The lowest BCUT2D eigenvalue weighted by Crippen LogP contribution is -2.44. The van der Waals surface area contributed by atoms with E-state index in [0.29, 0.717) is 31.9 Å². The number of anilines is 1. The Bertz CT molecular complexity index is 1210. The third kappa shape index (κ3) is 4.01. The number of carbonyl (C=O) groups excluding carboxylic acids is 2. The number of nitrogens with zero attached hydrogens (tertiary/aromatic N) is 6. The van der Waals surface area contributed by atoms with Gasteiger partial charge in [0.15, 0.2) is 0 Å². The molecule has 0 saturated carbocycles. The summed E-state index contributed by atoms with van der Waals surface area (Å²) in [6.45, 7) is 1.29. The number of aromatic nitrogens is 3. The highest BCUT2D eigenvalue weighted by atomic mass is 79.9. The first-order valence-electron chi connectivity index (χ1n) is 11.0. The van der Waals surface area contributed by atoms with Gasteiger partial charge in [-0.3, -0.25) is 14.2 Å². The minimum Gasteiger partial charge on any atom is -0.349 e. The topological polar surface area (TPSA) is 74.6 Å². The van der Waals surface area contributed by atoms with Gasteiger partial charge >= 0.3 is 0 Å². The first-order chi connectivity index (χ1) is 15.9. The van der Waals surface area contributed by atoms with Crippen molar-refractivity contribution in [1.29, 1.82) is 0 Å². The molecule has 170 valence electrons. The van der Waals surface area contributed by atoms with E-state index in [4.69, 9.17) is 0 Å². The molecule has 1 atom stereocenters. The zero-order chi connectivity index (χ0) is 23.1. The third-order valence-corrected chi connectivity index (χ3v) is 6.75. The zero-order valence-corrected chi connectivity index (χ0v) is 20.2. The van der Waals surface area contributed by atoms with Crippen LogP contribution in [-0.4, -0.2) is 57.0 Å². The minimum atomic E-state index is -0.311. The Hall–Kier alpha value is -3.20. The normalized spacial score (nSPS) is 15.9. The zero-order valence-electron chi connectivity index (χ0n) is 18.6. The lowest BCUT2D eigenvalue weighted by Gasteiger charge is -2.41. The van der Waals surface area contributed by atoms with Crippen molar-refractivity contribution in [2.45, 2.75) is 32.0 Å². The molecular weight excluding hydrogens is 484 g/mol. The van der Waals surface area contributed by atoms with Crippen LogP contribution in [-0.2, 0) is 22.6 Å². The Balaban J connectivity index is 1.54. The number of hydrogen-bond acceptors (Lipinski definition) is 5. The molecule has 1 saturated heterocycles. The number of benzene rings is 2. The van der Waals surface area contributed by atoms with Crippen molar-refractivity contribution in [3.8, 4) is 5.69 Å². The number of fused-ring (bicyclic) bond motifs is 3. The number of hydrogen-bond donors (Lipinski definition) is 0. The molecule has 2 aliphatic rings. The number of carbonyl (C=O) groups is 2. The van der Waals surface area contributed by atoms with Crippen LogP contribution < -0.4 is 4.90 Å². The van der Waals surface area contributed by atoms with Crippen LogP contribution in [0.25, 0.3) is 5.69 Å². The highest BCUT2D eigenvalue weighted by molar-refractivity contribution is 9.10. The molecule has 1 aromatic heterocycles.